The number of thiophene rings is 1. The zero-order valence-corrected chi connectivity index (χ0v) is 11.7. The second-order valence-electron chi connectivity index (χ2n) is 4.06. The number of nitrogens with one attached hydrogen (secondary N) is 1. The largest absolute Gasteiger partial charge is 0.469 e. The van der Waals surface area contributed by atoms with Crippen LogP contribution in [0.1, 0.15) is 27.7 Å². The van der Waals surface area contributed by atoms with Crippen LogP contribution >= 0.6 is 11.3 Å². The van der Waals surface area contributed by atoms with Gasteiger partial charge in [-0.15, -0.1) is 11.3 Å². The summed E-state index contributed by atoms with van der Waals surface area (Å²) in [5, 5.41) is 4.74. The minimum atomic E-state index is -0.386. The first-order chi connectivity index (χ1) is 9.70. The Bertz CT molecular complexity index is 569. The Morgan fingerprint density at radius 2 is 2.10 bits per heavy atom. The van der Waals surface area contributed by atoms with Crippen LogP contribution in [0.15, 0.2) is 42.0 Å². The summed E-state index contributed by atoms with van der Waals surface area (Å²) < 4.78 is 4.67. The van der Waals surface area contributed by atoms with E-state index in [-0.39, 0.29) is 24.3 Å². The van der Waals surface area contributed by atoms with Gasteiger partial charge >= 0.3 is 5.97 Å². The molecule has 0 aromatic carbocycles. The van der Waals surface area contributed by atoms with E-state index in [9.17, 15) is 9.59 Å². The van der Waals surface area contributed by atoms with Crippen LogP contribution in [0.4, 0.5) is 0 Å². The normalized spacial score (nSPS) is 11.7. The molecule has 1 amide bonds. The van der Waals surface area contributed by atoms with Crippen LogP contribution in [0.2, 0.25) is 0 Å². The van der Waals surface area contributed by atoms with Gasteiger partial charge in [0.25, 0.3) is 5.91 Å². The quantitative estimate of drug-likeness (QED) is 0.857. The van der Waals surface area contributed by atoms with Crippen molar-refractivity contribution in [1.82, 2.24) is 10.3 Å². The molecule has 0 aliphatic carbocycles. The van der Waals surface area contributed by atoms with E-state index >= 15 is 0 Å². The van der Waals surface area contributed by atoms with E-state index in [4.69, 9.17) is 0 Å². The third-order valence-electron chi connectivity index (χ3n) is 2.73. The summed E-state index contributed by atoms with van der Waals surface area (Å²) in [5.74, 6) is -0.604. The average molecular weight is 290 g/mol. The fraction of sp³-hybridized carbons (Fsp3) is 0.214. The van der Waals surface area contributed by atoms with Gasteiger partial charge in [0.1, 0.15) is 0 Å². The molecule has 2 aromatic rings. The number of aromatic nitrogens is 1. The molecule has 20 heavy (non-hydrogen) atoms. The van der Waals surface area contributed by atoms with Crippen LogP contribution in [0.25, 0.3) is 0 Å². The molecule has 2 aromatic heterocycles. The SMILES string of the molecule is COC(=O)C[C@@H](NC(=O)c1ccncc1)c1cccs1. The van der Waals surface area contributed by atoms with E-state index in [0.29, 0.717) is 5.56 Å². The van der Waals surface area contributed by atoms with Crippen molar-refractivity contribution in [3.05, 3.63) is 52.5 Å². The summed E-state index contributed by atoms with van der Waals surface area (Å²) in [6, 6.07) is 6.62. The van der Waals surface area contributed by atoms with Gasteiger partial charge in [0.15, 0.2) is 0 Å². The number of hydrogen-bond donors (Lipinski definition) is 1. The molecular formula is C14H14N2O3S. The van der Waals surface area contributed by atoms with Crippen LogP contribution < -0.4 is 5.32 Å². The Morgan fingerprint density at radius 1 is 1.35 bits per heavy atom. The average Bonchev–Trinajstić information content (AvgIpc) is 3.01. The highest BCUT2D eigenvalue weighted by Gasteiger charge is 2.20. The summed E-state index contributed by atoms with van der Waals surface area (Å²) in [5.41, 5.74) is 0.506. The monoisotopic (exact) mass is 290 g/mol. The molecule has 2 heterocycles. The first-order valence-corrected chi connectivity index (χ1v) is 6.90. The molecule has 1 atom stereocenters. The van der Waals surface area contributed by atoms with Gasteiger partial charge in [-0.1, -0.05) is 6.07 Å². The standard InChI is InChI=1S/C14H14N2O3S/c1-19-13(17)9-11(12-3-2-8-20-12)16-14(18)10-4-6-15-7-5-10/h2-8,11H,9H2,1H3,(H,16,18)/t11-/m1/s1. The van der Waals surface area contributed by atoms with E-state index < -0.39 is 0 Å². The number of carbonyl (C=O) groups excluding carboxylic acids is 2. The zero-order chi connectivity index (χ0) is 14.4. The van der Waals surface area contributed by atoms with Crippen LogP contribution in [-0.2, 0) is 9.53 Å². The van der Waals surface area contributed by atoms with Crippen molar-refractivity contribution in [2.24, 2.45) is 0 Å². The molecule has 0 saturated carbocycles. The van der Waals surface area contributed by atoms with Gasteiger partial charge in [0.05, 0.1) is 19.6 Å². The van der Waals surface area contributed by atoms with Crippen molar-refractivity contribution in [1.29, 1.82) is 0 Å². The smallest absolute Gasteiger partial charge is 0.307 e. The van der Waals surface area contributed by atoms with Crippen molar-refractivity contribution in [2.45, 2.75) is 12.5 Å². The van der Waals surface area contributed by atoms with Crippen molar-refractivity contribution >= 4 is 23.2 Å². The summed E-state index contributed by atoms with van der Waals surface area (Å²) in [6.45, 7) is 0. The lowest BCUT2D eigenvalue weighted by Crippen LogP contribution is -2.30. The Morgan fingerprint density at radius 3 is 2.70 bits per heavy atom. The molecule has 0 unspecified atom stereocenters. The number of amides is 1. The van der Waals surface area contributed by atoms with Gasteiger partial charge in [-0.2, -0.15) is 0 Å². The Balaban J connectivity index is 2.12. The summed E-state index contributed by atoms with van der Waals surface area (Å²) >= 11 is 1.49. The highest BCUT2D eigenvalue weighted by atomic mass is 32.1. The molecule has 104 valence electrons. The van der Waals surface area contributed by atoms with Crippen LogP contribution in [0.5, 0.6) is 0 Å². The maximum Gasteiger partial charge on any atom is 0.307 e. The van der Waals surface area contributed by atoms with Gasteiger partial charge in [-0.3, -0.25) is 14.6 Å². The van der Waals surface area contributed by atoms with E-state index in [1.165, 1.54) is 18.4 Å². The zero-order valence-electron chi connectivity index (χ0n) is 10.9. The Hall–Kier alpha value is -2.21. The topological polar surface area (TPSA) is 68.3 Å². The third-order valence-corrected chi connectivity index (χ3v) is 3.72. The number of pyridine rings is 1. The molecule has 1 N–H and O–H groups in total. The molecule has 5 nitrogen and oxygen atoms in total. The van der Waals surface area contributed by atoms with Crippen molar-refractivity contribution in [3.8, 4) is 0 Å². The van der Waals surface area contributed by atoms with E-state index in [0.717, 1.165) is 4.88 Å². The molecule has 2 rings (SSSR count). The van der Waals surface area contributed by atoms with E-state index in [2.05, 4.69) is 15.0 Å². The van der Waals surface area contributed by atoms with Gasteiger partial charge in [-0.05, 0) is 23.6 Å². The summed E-state index contributed by atoms with van der Waals surface area (Å²) in [7, 11) is 1.33. The summed E-state index contributed by atoms with van der Waals surface area (Å²) in [4.78, 5) is 28.4. The lowest BCUT2D eigenvalue weighted by molar-refractivity contribution is -0.141. The number of hydrogen-bond acceptors (Lipinski definition) is 5. The maximum atomic E-state index is 12.1. The molecule has 0 bridgehead atoms. The van der Waals surface area contributed by atoms with Crippen LogP contribution in [-0.4, -0.2) is 24.0 Å². The molecule has 6 heteroatoms. The van der Waals surface area contributed by atoms with Gasteiger partial charge in [-0.25, -0.2) is 0 Å². The molecule has 0 fully saturated rings. The van der Waals surface area contributed by atoms with Gasteiger partial charge in [0, 0.05) is 22.8 Å². The molecule has 0 spiro atoms. The maximum absolute atomic E-state index is 12.1. The fourth-order valence-electron chi connectivity index (χ4n) is 1.71. The minimum absolute atomic E-state index is 0.105. The number of esters is 1. The lowest BCUT2D eigenvalue weighted by Gasteiger charge is -2.16. The third kappa shape index (κ3) is 3.64. The number of ether oxygens (including phenoxy) is 1. The van der Waals surface area contributed by atoms with Gasteiger partial charge < -0.3 is 10.1 Å². The minimum Gasteiger partial charge on any atom is -0.469 e. The second kappa shape index (κ2) is 6.81. The molecule has 0 saturated heterocycles. The van der Waals surface area contributed by atoms with E-state index in [1.807, 2.05) is 17.5 Å². The Kier molecular flexibility index (Phi) is 4.84. The second-order valence-corrected chi connectivity index (χ2v) is 5.04. The predicted octanol–water partition coefficient (Wildman–Crippen LogP) is 2.18. The lowest BCUT2D eigenvalue weighted by atomic mass is 10.1. The first kappa shape index (κ1) is 14.2. The summed E-state index contributed by atoms with van der Waals surface area (Å²) in [6.07, 6.45) is 3.21. The van der Waals surface area contributed by atoms with Crippen LogP contribution in [0.3, 0.4) is 0 Å². The van der Waals surface area contributed by atoms with Crippen molar-refractivity contribution in [3.63, 3.8) is 0 Å². The Labute approximate surface area is 120 Å². The molecule has 0 radical (unpaired) electrons. The van der Waals surface area contributed by atoms with Crippen molar-refractivity contribution in [2.75, 3.05) is 7.11 Å². The number of nitrogens with zero attached hydrogens (tertiary/aromatic N) is 1. The molecular weight excluding hydrogens is 276 g/mol. The molecule has 0 aliphatic heterocycles. The van der Waals surface area contributed by atoms with E-state index in [1.54, 1.807) is 24.5 Å². The van der Waals surface area contributed by atoms with Crippen LogP contribution in [0, 0.1) is 0 Å². The number of methoxy groups -OCH3 is 1. The van der Waals surface area contributed by atoms with Crippen molar-refractivity contribution < 1.29 is 14.3 Å². The number of rotatable bonds is 5. The first-order valence-electron chi connectivity index (χ1n) is 6.02. The predicted molar refractivity (Wildman–Crippen MR) is 75.4 cm³/mol. The fourth-order valence-corrected chi connectivity index (χ4v) is 2.49. The highest BCUT2D eigenvalue weighted by molar-refractivity contribution is 7.10. The highest BCUT2D eigenvalue weighted by Crippen LogP contribution is 2.22. The number of carbonyl (C=O) groups is 2. The molecule has 0 aliphatic rings. The van der Waals surface area contributed by atoms with Gasteiger partial charge in [0.2, 0.25) is 0 Å².